The number of nitrogens with zero attached hydrogens (tertiary/aromatic N) is 2. The van der Waals surface area contributed by atoms with Gasteiger partial charge in [-0.2, -0.15) is 0 Å². The molecule has 0 radical (unpaired) electrons. The Bertz CT molecular complexity index is 1110. The maximum atomic E-state index is 12.2. The molecule has 7 nitrogen and oxygen atoms in total. The first-order valence-electron chi connectivity index (χ1n) is 8.20. The van der Waals surface area contributed by atoms with Crippen molar-refractivity contribution in [1.29, 1.82) is 0 Å². The lowest BCUT2D eigenvalue weighted by molar-refractivity contribution is -0.145. The van der Waals surface area contributed by atoms with Crippen LogP contribution in [-0.4, -0.2) is 26.5 Å². The molecule has 138 valence electrons. The Kier molecular flexibility index (Phi) is 4.71. The van der Waals surface area contributed by atoms with Gasteiger partial charge in [0.1, 0.15) is 6.61 Å². The van der Waals surface area contributed by atoms with Crippen molar-refractivity contribution in [2.24, 2.45) is 0 Å². The summed E-state index contributed by atoms with van der Waals surface area (Å²) in [7, 11) is 0. The predicted octanol–water partition coefficient (Wildman–Crippen LogP) is 2.61. The Morgan fingerprint density at radius 3 is 3.00 bits per heavy atom. The normalized spacial score (nSPS) is 16.0. The summed E-state index contributed by atoms with van der Waals surface area (Å²) in [5, 5.41) is 4.09. The van der Waals surface area contributed by atoms with Crippen LogP contribution in [0.2, 0.25) is 0 Å². The van der Waals surface area contributed by atoms with Crippen molar-refractivity contribution >= 4 is 45.6 Å². The van der Waals surface area contributed by atoms with Crippen LogP contribution in [0.4, 0.5) is 5.69 Å². The average Bonchev–Trinajstić information content (AvgIpc) is 3.02. The summed E-state index contributed by atoms with van der Waals surface area (Å²) in [6, 6.07) is 8.80. The highest BCUT2D eigenvalue weighted by Gasteiger charge is 2.29. The van der Waals surface area contributed by atoms with Gasteiger partial charge in [0.05, 0.1) is 23.1 Å². The standard InChI is InChI=1S/C18H15N3O4S2/c1-10-9-26-18-19-11(6-15(22)21(10)18)8-25-16(23)7-14-17(24)20-12-4-2-3-5-13(12)27-14/h2-6,9,14H,7-8H2,1H3,(H,20,24). The van der Waals surface area contributed by atoms with E-state index >= 15 is 0 Å². The molecule has 3 aromatic rings. The second-order valence-electron chi connectivity index (χ2n) is 6.04. The van der Waals surface area contributed by atoms with Gasteiger partial charge in [0, 0.05) is 22.0 Å². The zero-order valence-corrected chi connectivity index (χ0v) is 15.9. The fourth-order valence-electron chi connectivity index (χ4n) is 2.77. The number of thioether (sulfide) groups is 1. The minimum atomic E-state index is -0.548. The summed E-state index contributed by atoms with van der Waals surface area (Å²) < 4.78 is 6.75. The van der Waals surface area contributed by atoms with Crippen LogP contribution in [0.25, 0.3) is 4.96 Å². The molecule has 0 saturated carbocycles. The molecule has 0 bridgehead atoms. The summed E-state index contributed by atoms with van der Waals surface area (Å²) in [4.78, 5) is 42.3. The van der Waals surface area contributed by atoms with Gasteiger partial charge in [-0.05, 0) is 19.1 Å². The lowest BCUT2D eigenvalue weighted by Crippen LogP contribution is -2.31. The zero-order valence-electron chi connectivity index (χ0n) is 14.3. The van der Waals surface area contributed by atoms with Gasteiger partial charge >= 0.3 is 5.97 Å². The van der Waals surface area contributed by atoms with E-state index in [1.807, 2.05) is 36.6 Å². The molecule has 1 N–H and O–H groups in total. The topological polar surface area (TPSA) is 89.8 Å². The third-order valence-electron chi connectivity index (χ3n) is 4.07. The Hall–Kier alpha value is -2.65. The van der Waals surface area contributed by atoms with Crippen LogP contribution < -0.4 is 10.9 Å². The lowest BCUT2D eigenvalue weighted by Gasteiger charge is -2.23. The van der Waals surface area contributed by atoms with Gasteiger partial charge in [-0.3, -0.25) is 18.8 Å². The minimum Gasteiger partial charge on any atom is -0.459 e. The number of hydrogen-bond acceptors (Lipinski definition) is 7. The first kappa shape index (κ1) is 17.7. The van der Waals surface area contributed by atoms with Crippen LogP contribution in [0.15, 0.2) is 45.4 Å². The van der Waals surface area contributed by atoms with E-state index < -0.39 is 11.2 Å². The van der Waals surface area contributed by atoms with Gasteiger partial charge in [-0.25, -0.2) is 4.98 Å². The van der Waals surface area contributed by atoms with Gasteiger partial charge in [-0.15, -0.1) is 23.1 Å². The van der Waals surface area contributed by atoms with Crippen LogP contribution in [0.3, 0.4) is 0 Å². The van der Waals surface area contributed by atoms with E-state index in [1.165, 1.54) is 33.6 Å². The summed E-state index contributed by atoms with van der Waals surface area (Å²) in [6.45, 7) is 1.73. The van der Waals surface area contributed by atoms with Crippen LogP contribution >= 0.6 is 23.1 Å². The van der Waals surface area contributed by atoms with E-state index in [9.17, 15) is 14.4 Å². The fourth-order valence-corrected chi connectivity index (χ4v) is 4.75. The molecule has 1 atom stereocenters. The SMILES string of the molecule is Cc1csc2nc(COC(=O)CC3Sc4ccccc4NC3=O)cc(=O)n12. The molecule has 1 amide bonds. The number of benzene rings is 1. The third kappa shape index (κ3) is 3.60. The molecule has 1 aromatic carbocycles. The quantitative estimate of drug-likeness (QED) is 0.676. The smallest absolute Gasteiger partial charge is 0.307 e. The number of ether oxygens (including phenoxy) is 1. The van der Waals surface area contributed by atoms with Gasteiger partial charge in [0.2, 0.25) is 5.91 Å². The second-order valence-corrected chi connectivity index (χ2v) is 8.12. The van der Waals surface area contributed by atoms with Crippen molar-refractivity contribution in [3.63, 3.8) is 0 Å². The molecule has 3 heterocycles. The Morgan fingerprint density at radius 2 is 2.15 bits per heavy atom. The van der Waals surface area contributed by atoms with Crippen molar-refractivity contribution in [3.05, 3.63) is 57.5 Å². The number of anilines is 1. The van der Waals surface area contributed by atoms with E-state index in [0.29, 0.717) is 10.7 Å². The largest absolute Gasteiger partial charge is 0.459 e. The molecule has 0 spiro atoms. The third-order valence-corrected chi connectivity index (χ3v) is 6.29. The van der Waals surface area contributed by atoms with Crippen molar-refractivity contribution < 1.29 is 14.3 Å². The highest BCUT2D eigenvalue weighted by Crippen LogP contribution is 2.36. The summed E-state index contributed by atoms with van der Waals surface area (Å²) in [6.07, 6.45) is -0.0514. The molecule has 1 unspecified atom stereocenters. The average molecular weight is 401 g/mol. The van der Waals surface area contributed by atoms with Crippen LogP contribution in [0, 0.1) is 6.92 Å². The number of hydrogen-bond donors (Lipinski definition) is 1. The lowest BCUT2D eigenvalue weighted by atomic mass is 10.2. The van der Waals surface area contributed by atoms with E-state index in [1.54, 1.807) is 0 Å². The van der Waals surface area contributed by atoms with Gasteiger partial charge in [-0.1, -0.05) is 12.1 Å². The van der Waals surface area contributed by atoms with E-state index in [2.05, 4.69) is 10.3 Å². The number of thiazole rings is 1. The van der Waals surface area contributed by atoms with Crippen molar-refractivity contribution in [1.82, 2.24) is 9.38 Å². The fraction of sp³-hybridized carbons (Fsp3) is 0.222. The number of nitrogens with one attached hydrogen (secondary N) is 1. The van der Waals surface area contributed by atoms with E-state index in [0.717, 1.165) is 16.3 Å². The van der Waals surface area contributed by atoms with Crippen molar-refractivity contribution in [2.75, 3.05) is 5.32 Å². The predicted molar refractivity (Wildman–Crippen MR) is 103 cm³/mol. The number of aryl methyl sites for hydroxylation is 1. The van der Waals surface area contributed by atoms with Crippen LogP contribution in [0.5, 0.6) is 0 Å². The maximum Gasteiger partial charge on any atom is 0.307 e. The Morgan fingerprint density at radius 1 is 1.33 bits per heavy atom. The van der Waals surface area contributed by atoms with Gasteiger partial charge in [0.25, 0.3) is 5.56 Å². The zero-order chi connectivity index (χ0) is 19.0. The Labute approximate surface area is 162 Å². The maximum absolute atomic E-state index is 12.2. The second kappa shape index (κ2) is 7.16. The summed E-state index contributed by atoms with van der Waals surface area (Å²) in [5.74, 6) is -0.728. The van der Waals surface area contributed by atoms with Crippen molar-refractivity contribution in [2.45, 2.75) is 30.1 Å². The van der Waals surface area contributed by atoms with Crippen molar-refractivity contribution in [3.8, 4) is 0 Å². The number of carbonyl (C=O) groups is 2. The molecule has 1 aliphatic heterocycles. The number of esters is 1. The highest BCUT2D eigenvalue weighted by molar-refractivity contribution is 8.01. The number of amides is 1. The van der Waals surface area contributed by atoms with Crippen LogP contribution in [-0.2, 0) is 20.9 Å². The summed E-state index contributed by atoms with van der Waals surface area (Å²) >= 11 is 2.70. The molecular formula is C18H15N3O4S2. The number of rotatable bonds is 4. The molecule has 1 aliphatic rings. The molecule has 0 fully saturated rings. The van der Waals surface area contributed by atoms with E-state index in [-0.39, 0.29) is 24.5 Å². The molecule has 0 saturated heterocycles. The molecule has 2 aromatic heterocycles. The number of carbonyl (C=O) groups excluding carboxylic acids is 2. The van der Waals surface area contributed by atoms with Gasteiger partial charge < -0.3 is 10.1 Å². The van der Waals surface area contributed by atoms with Gasteiger partial charge in [0.15, 0.2) is 4.96 Å². The molecule has 27 heavy (non-hydrogen) atoms. The first-order valence-corrected chi connectivity index (χ1v) is 9.96. The molecule has 9 heteroatoms. The van der Waals surface area contributed by atoms with E-state index in [4.69, 9.17) is 4.74 Å². The highest BCUT2D eigenvalue weighted by atomic mass is 32.2. The number of fused-ring (bicyclic) bond motifs is 2. The first-order chi connectivity index (χ1) is 13.0. The monoisotopic (exact) mass is 401 g/mol. The number of para-hydroxylation sites is 1. The molecule has 4 rings (SSSR count). The molecular weight excluding hydrogens is 386 g/mol. The summed E-state index contributed by atoms with van der Waals surface area (Å²) in [5.41, 5.74) is 1.75. The number of aromatic nitrogens is 2. The Balaban J connectivity index is 1.40. The molecule has 0 aliphatic carbocycles. The minimum absolute atomic E-state index is 0.0514. The van der Waals surface area contributed by atoms with Crippen LogP contribution in [0.1, 0.15) is 17.8 Å².